The van der Waals surface area contributed by atoms with Crippen molar-refractivity contribution in [1.82, 2.24) is 5.32 Å². The molecule has 1 fully saturated rings. The summed E-state index contributed by atoms with van der Waals surface area (Å²) < 4.78 is 10.1. The van der Waals surface area contributed by atoms with Gasteiger partial charge >= 0.3 is 0 Å². The van der Waals surface area contributed by atoms with Gasteiger partial charge in [-0.05, 0) is 0 Å². The Hall–Kier alpha value is -0.200. The van der Waals surface area contributed by atoms with Crippen LogP contribution >= 0.6 is 0 Å². The van der Waals surface area contributed by atoms with E-state index in [1.807, 2.05) is 0 Å². The van der Waals surface area contributed by atoms with Gasteiger partial charge in [0.15, 0.2) is 6.29 Å². The molecule has 0 spiro atoms. The first-order valence-corrected chi connectivity index (χ1v) is 3.95. The molecule has 1 aliphatic rings. The Morgan fingerprint density at radius 3 is 2.92 bits per heavy atom. The summed E-state index contributed by atoms with van der Waals surface area (Å²) in [5, 5.41) is 21.1. The van der Waals surface area contributed by atoms with Crippen LogP contribution in [0, 0.1) is 0 Å². The third-order valence-electron chi connectivity index (χ3n) is 1.80. The standard InChI is InChI=1S/C7H15NO4/c1-11-7-6(10)3-8-2-5(4-9)12-7/h5-10H,2-4H2,1H3/t5-,6+,7-/m0/s1. The molecule has 72 valence electrons. The Kier molecular flexibility index (Phi) is 3.90. The van der Waals surface area contributed by atoms with E-state index >= 15 is 0 Å². The van der Waals surface area contributed by atoms with Crippen LogP contribution in [0.1, 0.15) is 0 Å². The summed E-state index contributed by atoms with van der Waals surface area (Å²) in [6.07, 6.45) is -1.62. The molecule has 0 aliphatic carbocycles. The minimum absolute atomic E-state index is 0.0699. The van der Waals surface area contributed by atoms with E-state index in [4.69, 9.17) is 14.6 Å². The van der Waals surface area contributed by atoms with Gasteiger partial charge in [0, 0.05) is 20.2 Å². The van der Waals surface area contributed by atoms with Crippen LogP contribution in [-0.4, -0.2) is 55.5 Å². The molecule has 0 amide bonds. The van der Waals surface area contributed by atoms with E-state index in [1.54, 1.807) is 0 Å². The molecule has 3 atom stereocenters. The zero-order valence-electron chi connectivity index (χ0n) is 7.06. The van der Waals surface area contributed by atoms with Gasteiger partial charge < -0.3 is 25.0 Å². The van der Waals surface area contributed by atoms with Gasteiger partial charge in [0.05, 0.1) is 12.7 Å². The molecule has 0 aromatic heterocycles. The van der Waals surface area contributed by atoms with Gasteiger partial charge in [-0.3, -0.25) is 0 Å². The lowest BCUT2D eigenvalue weighted by Crippen LogP contribution is -2.35. The molecule has 0 bridgehead atoms. The molecule has 0 aromatic rings. The Morgan fingerprint density at radius 2 is 2.33 bits per heavy atom. The van der Waals surface area contributed by atoms with E-state index in [0.717, 1.165) is 0 Å². The molecule has 0 aromatic carbocycles. The largest absolute Gasteiger partial charge is 0.394 e. The zero-order valence-corrected chi connectivity index (χ0v) is 7.06. The van der Waals surface area contributed by atoms with Crippen LogP contribution in [0.3, 0.4) is 0 Å². The minimum Gasteiger partial charge on any atom is -0.394 e. The monoisotopic (exact) mass is 177 g/mol. The molecule has 1 rings (SSSR count). The molecule has 0 unspecified atom stereocenters. The summed E-state index contributed by atoms with van der Waals surface area (Å²) in [5.41, 5.74) is 0. The number of hydrogen-bond acceptors (Lipinski definition) is 5. The molecule has 0 saturated carbocycles. The summed E-state index contributed by atoms with van der Waals surface area (Å²) in [5.74, 6) is 0. The molecule has 0 radical (unpaired) electrons. The predicted octanol–water partition coefficient (Wildman–Crippen LogP) is -1.70. The number of rotatable bonds is 2. The topological polar surface area (TPSA) is 71.0 Å². The molecule has 1 aliphatic heterocycles. The number of nitrogens with one attached hydrogen (secondary N) is 1. The average Bonchev–Trinajstić information content (AvgIpc) is 2.27. The lowest BCUT2D eigenvalue weighted by Gasteiger charge is -2.21. The molecular formula is C7H15NO4. The maximum Gasteiger partial charge on any atom is 0.184 e. The summed E-state index contributed by atoms with van der Waals surface area (Å²) in [4.78, 5) is 0. The number of ether oxygens (including phenoxy) is 2. The highest BCUT2D eigenvalue weighted by atomic mass is 16.7. The summed E-state index contributed by atoms with van der Waals surface area (Å²) >= 11 is 0. The normalized spacial score (nSPS) is 37.8. The average molecular weight is 177 g/mol. The second-order valence-corrected chi connectivity index (χ2v) is 2.77. The molecule has 5 heteroatoms. The van der Waals surface area contributed by atoms with Gasteiger partial charge in [-0.1, -0.05) is 0 Å². The first-order valence-electron chi connectivity index (χ1n) is 3.95. The van der Waals surface area contributed by atoms with E-state index in [9.17, 15) is 5.11 Å². The Balaban J connectivity index is 2.46. The van der Waals surface area contributed by atoms with Crippen molar-refractivity contribution in [3.8, 4) is 0 Å². The van der Waals surface area contributed by atoms with E-state index in [0.29, 0.717) is 13.1 Å². The number of β-amino-alcohol motifs (C(OH)–C–C–N with tert-alkyl or cyclic N) is 1. The third-order valence-corrected chi connectivity index (χ3v) is 1.80. The van der Waals surface area contributed by atoms with Gasteiger partial charge in [0.25, 0.3) is 0 Å². The van der Waals surface area contributed by atoms with Crippen molar-refractivity contribution in [3.63, 3.8) is 0 Å². The van der Waals surface area contributed by atoms with Crippen molar-refractivity contribution in [1.29, 1.82) is 0 Å². The highest BCUT2D eigenvalue weighted by molar-refractivity contribution is 4.73. The second kappa shape index (κ2) is 4.74. The third kappa shape index (κ3) is 2.40. The Labute approximate surface area is 71.3 Å². The Bertz CT molecular complexity index is 133. The highest BCUT2D eigenvalue weighted by Gasteiger charge is 2.26. The van der Waals surface area contributed by atoms with Crippen LogP contribution in [-0.2, 0) is 9.47 Å². The number of aliphatic hydroxyl groups excluding tert-OH is 2. The van der Waals surface area contributed by atoms with Crippen LogP contribution in [0.2, 0.25) is 0 Å². The summed E-state index contributed by atoms with van der Waals surface area (Å²) in [6, 6.07) is 0. The molecule has 1 saturated heterocycles. The van der Waals surface area contributed by atoms with Gasteiger partial charge in [0.1, 0.15) is 6.10 Å². The number of hydrogen-bond donors (Lipinski definition) is 3. The smallest absolute Gasteiger partial charge is 0.184 e. The van der Waals surface area contributed by atoms with Crippen molar-refractivity contribution in [3.05, 3.63) is 0 Å². The lowest BCUT2D eigenvalue weighted by molar-refractivity contribution is -0.196. The first-order chi connectivity index (χ1) is 5.77. The Morgan fingerprint density at radius 1 is 1.58 bits per heavy atom. The maximum absolute atomic E-state index is 9.37. The zero-order chi connectivity index (χ0) is 8.97. The molecular weight excluding hydrogens is 162 g/mol. The first kappa shape index (κ1) is 9.88. The number of aliphatic hydroxyl groups is 2. The van der Waals surface area contributed by atoms with Crippen LogP contribution in [0.5, 0.6) is 0 Å². The van der Waals surface area contributed by atoms with Crippen LogP contribution in [0.4, 0.5) is 0 Å². The van der Waals surface area contributed by atoms with Crippen molar-refractivity contribution in [2.45, 2.75) is 18.5 Å². The maximum atomic E-state index is 9.37. The summed E-state index contributed by atoms with van der Waals surface area (Å²) in [7, 11) is 1.47. The quantitative estimate of drug-likeness (QED) is 0.469. The van der Waals surface area contributed by atoms with E-state index in [-0.39, 0.29) is 12.7 Å². The lowest BCUT2D eigenvalue weighted by atomic mass is 10.3. The minimum atomic E-state index is -0.674. The SMILES string of the molecule is CO[C@H]1O[C@H](CO)CNC[C@H]1O. The fourth-order valence-corrected chi connectivity index (χ4v) is 1.14. The second-order valence-electron chi connectivity index (χ2n) is 2.77. The van der Waals surface area contributed by atoms with Crippen molar-refractivity contribution < 1.29 is 19.7 Å². The van der Waals surface area contributed by atoms with Gasteiger partial charge in [0.2, 0.25) is 0 Å². The van der Waals surface area contributed by atoms with E-state index in [2.05, 4.69) is 5.32 Å². The van der Waals surface area contributed by atoms with Gasteiger partial charge in [-0.25, -0.2) is 0 Å². The van der Waals surface area contributed by atoms with Crippen molar-refractivity contribution in [2.75, 3.05) is 26.8 Å². The van der Waals surface area contributed by atoms with Crippen molar-refractivity contribution >= 4 is 0 Å². The van der Waals surface area contributed by atoms with Gasteiger partial charge in [-0.15, -0.1) is 0 Å². The molecule has 5 nitrogen and oxygen atoms in total. The van der Waals surface area contributed by atoms with Crippen LogP contribution in [0.25, 0.3) is 0 Å². The number of methoxy groups -OCH3 is 1. The highest BCUT2D eigenvalue weighted by Crippen LogP contribution is 2.07. The van der Waals surface area contributed by atoms with E-state index in [1.165, 1.54) is 7.11 Å². The fourth-order valence-electron chi connectivity index (χ4n) is 1.14. The van der Waals surface area contributed by atoms with Crippen LogP contribution < -0.4 is 5.32 Å². The molecule has 12 heavy (non-hydrogen) atoms. The summed E-state index contributed by atoms with van der Waals surface area (Å²) in [6.45, 7) is 0.891. The predicted molar refractivity (Wildman–Crippen MR) is 41.6 cm³/mol. The van der Waals surface area contributed by atoms with Crippen LogP contribution in [0.15, 0.2) is 0 Å². The molecule has 1 heterocycles. The van der Waals surface area contributed by atoms with Crippen molar-refractivity contribution in [2.24, 2.45) is 0 Å². The van der Waals surface area contributed by atoms with E-state index < -0.39 is 12.4 Å². The fraction of sp³-hybridized carbons (Fsp3) is 1.00. The van der Waals surface area contributed by atoms with Gasteiger partial charge in [-0.2, -0.15) is 0 Å². The molecule has 3 N–H and O–H groups in total.